The Labute approximate surface area is 90.1 Å². The van der Waals surface area contributed by atoms with Crippen molar-refractivity contribution in [2.75, 3.05) is 12.4 Å². The molecule has 0 spiro atoms. The van der Waals surface area contributed by atoms with Gasteiger partial charge in [-0.1, -0.05) is 5.92 Å². The Bertz CT molecular complexity index is 393. The average molecular weight is 205 g/mol. The standard InChI is InChI=1S/C11H15N3O/c1-6-11(3,4)14-10-12-8(2)7-9(13-10)15-5/h1,7H,2-5H3,(H,12,13,14). The van der Waals surface area contributed by atoms with Crippen molar-refractivity contribution in [2.24, 2.45) is 0 Å². The smallest absolute Gasteiger partial charge is 0.227 e. The summed E-state index contributed by atoms with van der Waals surface area (Å²) in [6.45, 7) is 5.63. The third kappa shape index (κ3) is 3.13. The number of nitrogens with zero attached hydrogens (tertiary/aromatic N) is 2. The van der Waals surface area contributed by atoms with Crippen LogP contribution >= 0.6 is 0 Å². The van der Waals surface area contributed by atoms with Crippen LogP contribution < -0.4 is 10.1 Å². The van der Waals surface area contributed by atoms with E-state index >= 15 is 0 Å². The van der Waals surface area contributed by atoms with E-state index in [4.69, 9.17) is 11.2 Å². The molecule has 15 heavy (non-hydrogen) atoms. The number of ether oxygens (including phenoxy) is 1. The Kier molecular flexibility index (Phi) is 3.15. The van der Waals surface area contributed by atoms with E-state index in [1.807, 2.05) is 20.8 Å². The molecule has 0 bridgehead atoms. The molecule has 0 saturated heterocycles. The van der Waals surface area contributed by atoms with Crippen molar-refractivity contribution in [3.8, 4) is 18.2 Å². The first-order valence-corrected chi connectivity index (χ1v) is 4.62. The van der Waals surface area contributed by atoms with Crippen LogP contribution in [-0.2, 0) is 0 Å². The molecule has 0 fully saturated rings. The molecule has 0 aliphatic heterocycles. The monoisotopic (exact) mass is 205 g/mol. The molecule has 4 heteroatoms. The zero-order valence-corrected chi connectivity index (χ0v) is 9.46. The molecule has 1 heterocycles. The van der Waals surface area contributed by atoms with Crippen LogP contribution in [-0.4, -0.2) is 22.6 Å². The lowest BCUT2D eigenvalue weighted by Gasteiger charge is -2.19. The van der Waals surface area contributed by atoms with E-state index in [0.29, 0.717) is 11.8 Å². The highest BCUT2D eigenvalue weighted by molar-refractivity contribution is 5.36. The number of aromatic nitrogens is 2. The third-order valence-corrected chi connectivity index (χ3v) is 1.82. The van der Waals surface area contributed by atoms with E-state index in [1.54, 1.807) is 13.2 Å². The maximum Gasteiger partial charge on any atom is 0.227 e. The van der Waals surface area contributed by atoms with Crippen LogP contribution in [0.1, 0.15) is 19.5 Å². The largest absolute Gasteiger partial charge is 0.481 e. The molecule has 0 amide bonds. The van der Waals surface area contributed by atoms with Gasteiger partial charge in [-0.05, 0) is 20.8 Å². The predicted molar refractivity (Wildman–Crippen MR) is 59.9 cm³/mol. The van der Waals surface area contributed by atoms with Crippen LogP contribution in [0.3, 0.4) is 0 Å². The van der Waals surface area contributed by atoms with Gasteiger partial charge in [0.2, 0.25) is 11.8 Å². The Morgan fingerprint density at radius 3 is 2.67 bits per heavy atom. The Balaban J connectivity index is 2.96. The number of aryl methyl sites for hydroxylation is 1. The summed E-state index contributed by atoms with van der Waals surface area (Å²) in [4.78, 5) is 8.36. The summed E-state index contributed by atoms with van der Waals surface area (Å²) in [5.41, 5.74) is 0.357. The first-order valence-electron chi connectivity index (χ1n) is 4.62. The Morgan fingerprint density at radius 1 is 1.47 bits per heavy atom. The first-order chi connectivity index (χ1) is 6.96. The SMILES string of the molecule is C#CC(C)(C)Nc1nc(C)cc(OC)n1. The fourth-order valence-electron chi connectivity index (χ4n) is 1.02. The van der Waals surface area contributed by atoms with Crippen LogP contribution in [0.4, 0.5) is 5.95 Å². The van der Waals surface area contributed by atoms with Gasteiger partial charge in [-0.25, -0.2) is 4.98 Å². The maximum atomic E-state index is 5.36. The number of hydrogen-bond acceptors (Lipinski definition) is 4. The zero-order valence-electron chi connectivity index (χ0n) is 9.46. The first kappa shape index (κ1) is 11.3. The van der Waals surface area contributed by atoms with Crippen LogP contribution in [0, 0.1) is 19.3 Å². The lowest BCUT2D eigenvalue weighted by molar-refractivity contribution is 0.396. The van der Waals surface area contributed by atoms with Crippen molar-refractivity contribution in [1.82, 2.24) is 9.97 Å². The van der Waals surface area contributed by atoms with Gasteiger partial charge in [-0.15, -0.1) is 6.42 Å². The van der Waals surface area contributed by atoms with Crippen molar-refractivity contribution in [1.29, 1.82) is 0 Å². The topological polar surface area (TPSA) is 47.0 Å². The molecular formula is C11H15N3O. The maximum absolute atomic E-state index is 5.36. The van der Waals surface area contributed by atoms with Gasteiger partial charge in [-0.2, -0.15) is 4.98 Å². The number of hydrogen-bond donors (Lipinski definition) is 1. The summed E-state index contributed by atoms with van der Waals surface area (Å²) < 4.78 is 5.04. The minimum Gasteiger partial charge on any atom is -0.481 e. The number of nitrogens with one attached hydrogen (secondary N) is 1. The second-order valence-electron chi connectivity index (χ2n) is 3.77. The molecule has 0 aliphatic rings. The number of rotatable bonds is 3. The van der Waals surface area contributed by atoms with Gasteiger partial charge in [0, 0.05) is 11.8 Å². The van der Waals surface area contributed by atoms with Crippen LogP contribution in [0.2, 0.25) is 0 Å². The lowest BCUT2D eigenvalue weighted by atomic mass is 10.1. The molecule has 0 radical (unpaired) electrons. The van der Waals surface area contributed by atoms with Crippen molar-refractivity contribution < 1.29 is 4.74 Å². The fraction of sp³-hybridized carbons (Fsp3) is 0.455. The normalized spacial score (nSPS) is 10.6. The van der Waals surface area contributed by atoms with Gasteiger partial charge in [0.1, 0.15) is 0 Å². The highest BCUT2D eigenvalue weighted by Gasteiger charge is 2.15. The van der Waals surface area contributed by atoms with Gasteiger partial charge < -0.3 is 10.1 Å². The summed E-state index contributed by atoms with van der Waals surface area (Å²) in [5.74, 6) is 3.62. The van der Waals surface area contributed by atoms with Gasteiger partial charge in [0.25, 0.3) is 0 Å². The van der Waals surface area contributed by atoms with Crippen molar-refractivity contribution >= 4 is 5.95 Å². The summed E-state index contributed by atoms with van der Waals surface area (Å²) in [7, 11) is 1.57. The average Bonchev–Trinajstić information content (AvgIpc) is 2.16. The second-order valence-corrected chi connectivity index (χ2v) is 3.77. The van der Waals surface area contributed by atoms with E-state index in [-0.39, 0.29) is 0 Å². The van der Waals surface area contributed by atoms with E-state index in [1.165, 1.54) is 0 Å². The predicted octanol–water partition coefficient (Wildman–Crippen LogP) is 1.62. The third-order valence-electron chi connectivity index (χ3n) is 1.82. The highest BCUT2D eigenvalue weighted by atomic mass is 16.5. The Hall–Kier alpha value is -1.76. The van der Waals surface area contributed by atoms with Gasteiger partial charge in [0.15, 0.2) is 0 Å². The fourth-order valence-corrected chi connectivity index (χ4v) is 1.02. The van der Waals surface area contributed by atoms with Crippen molar-refractivity contribution in [3.63, 3.8) is 0 Å². The molecule has 0 saturated carbocycles. The molecule has 0 aromatic carbocycles. The molecule has 0 aliphatic carbocycles. The van der Waals surface area contributed by atoms with E-state index < -0.39 is 5.54 Å². The molecule has 4 nitrogen and oxygen atoms in total. The number of anilines is 1. The molecule has 80 valence electrons. The van der Waals surface area contributed by atoms with Crippen LogP contribution in [0.15, 0.2) is 6.07 Å². The number of methoxy groups -OCH3 is 1. The quantitative estimate of drug-likeness (QED) is 0.762. The molecule has 0 unspecified atom stereocenters. The Morgan fingerprint density at radius 2 is 2.13 bits per heavy atom. The van der Waals surface area contributed by atoms with E-state index in [0.717, 1.165) is 5.69 Å². The van der Waals surface area contributed by atoms with Gasteiger partial charge >= 0.3 is 0 Å². The molecule has 1 aromatic rings. The number of terminal acetylenes is 1. The summed E-state index contributed by atoms with van der Waals surface area (Å²) in [6, 6.07) is 1.76. The zero-order chi connectivity index (χ0) is 11.5. The van der Waals surface area contributed by atoms with Crippen molar-refractivity contribution in [3.05, 3.63) is 11.8 Å². The molecule has 0 atom stereocenters. The second kappa shape index (κ2) is 4.18. The van der Waals surface area contributed by atoms with Gasteiger partial charge in [-0.3, -0.25) is 0 Å². The molecule has 1 rings (SSSR count). The highest BCUT2D eigenvalue weighted by Crippen LogP contribution is 2.14. The minimum atomic E-state index is -0.473. The van der Waals surface area contributed by atoms with Crippen LogP contribution in [0.25, 0.3) is 0 Å². The van der Waals surface area contributed by atoms with Gasteiger partial charge in [0.05, 0.1) is 12.6 Å². The minimum absolute atomic E-state index is 0.473. The summed E-state index contributed by atoms with van der Waals surface area (Å²) in [5, 5.41) is 3.05. The lowest BCUT2D eigenvalue weighted by Crippen LogP contribution is -2.29. The summed E-state index contributed by atoms with van der Waals surface area (Å²) >= 11 is 0. The van der Waals surface area contributed by atoms with Crippen LogP contribution in [0.5, 0.6) is 5.88 Å². The molecule has 1 N–H and O–H groups in total. The van der Waals surface area contributed by atoms with E-state index in [9.17, 15) is 0 Å². The van der Waals surface area contributed by atoms with Crippen molar-refractivity contribution in [2.45, 2.75) is 26.3 Å². The molecular weight excluding hydrogens is 190 g/mol. The molecule has 1 aromatic heterocycles. The van der Waals surface area contributed by atoms with E-state index in [2.05, 4.69) is 21.2 Å². The summed E-state index contributed by atoms with van der Waals surface area (Å²) in [6.07, 6.45) is 5.36.